The van der Waals surface area contributed by atoms with Crippen molar-refractivity contribution in [3.05, 3.63) is 40.8 Å². The third kappa shape index (κ3) is 4.08. The number of likely N-dealkylation sites (N-methyl/N-ethyl adjacent to an activating group) is 1. The third-order valence-electron chi connectivity index (χ3n) is 8.49. The number of anilines is 1. The lowest BCUT2D eigenvalue weighted by molar-refractivity contribution is 0.188. The van der Waals surface area contributed by atoms with Gasteiger partial charge in [0.2, 0.25) is 0 Å². The second kappa shape index (κ2) is 9.32. The van der Waals surface area contributed by atoms with Crippen LogP contribution < -0.4 is 15.0 Å². The molecule has 3 atom stereocenters. The Morgan fingerprint density at radius 3 is 2.68 bits per heavy atom. The Hall–Kier alpha value is -3.01. The molecule has 2 unspecified atom stereocenters. The summed E-state index contributed by atoms with van der Waals surface area (Å²) in [5, 5.41) is 12.7. The molecule has 10 heteroatoms. The average molecular weight is 536 g/mol. The van der Waals surface area contributed by atoms with Gasteiger partial charge >= 0.3 is 6.01 Å². The highest BCUT2D eigenvalue weighted by Crippen LogP contribution is 2.40. The Morgan fingerprint density at radius 2 is 1.92 bits per heavy atom. The summed E-state index contributed by atoms with van der Waals surface area (Å²) in [5.74, 6) is 0.228. The monoisotopic (exact) mass is 535 g/mol. The number of benzene rings is 2. The molecule has 38 heavy (non-hydrogen) atoms. The van der Waals surface area contributed by atoms with Crippen molar-refractivity contribution in [3.8, 4) is 17.1 Å². The van der Waals surface area contributed by atoms with Gasteiger partial charge in [-0.3, -0.25) is 5.10 Å². The molecule has 3 aliphatic heterocycles. The number of aryl methyl sites for hydroxylation is 1. The minimum atomic E-state index is -0.463. The molecule has 0 spiro atoms. The van der Waals surface area contributed by atoms with Crippen molar-refractivity contribution in [1.82, 2.24) is 30.4 Å². The van der Waals surface area contributed by atoms with Crippen LogP contribution in [0, 0.1) is 12.7 Å². The van der Waals surface area contributed by atoms with Crippen molar-refractivity contribution < 1.29 is 9.13 Å². The first kappa shape index (κ1) is 24.1. The Bertz CT molecular complexity index is 1530. The van der Waals surface area contributed by atoms with Gasteiger partial charge in [0.05, 0.1) is 16.7 Å². The van der Waals surface area contributed by atoms with E-state index in [0.29, 0.717) is 52.1 Å². The maximum atomic E-state index is 16.5. The molecule has 8 nitrogen and oxygen atoms in total. The molecule has 3 fully saturated rings. The minimum Gasteiger partial charge on any atom is -0.462 e. The summed E-state index contributed by atoms with van der Waals surface area (Å²) >= 11 is 6.82. The second-order valence-corrected chi connectivity index (χ2v) is 11.4. The number of nitrogens with zero attached hydrogens (tertiary/aromatic N) is 5. The molecular weight excluding hydrogens is 505 g/mol. The molecule has 7 rings (SSSR count). The summed E-state index contributed by atoms with van der Waals surface area (Å²) in [6.45, 7) is 5.14. The molecular formula is C28H31ClFN7O. The lowest BCUT2D eigenvalue weighted by Gasteiger charge is -2.34. The zero-order valence-corrected chi connectivity index (χ0v) is 22.4. The number of hydrogen-bond acceptors (Lipinski definition) is 7. The summed E-state index contributed by atoms with van der Waals surface area (Å²) in [5.41, 5.74) is 3.06. The second-order valence-electron chi connectivity index (χ2n) is 11.0. The van der Waals surface area contributed by atoms with Gasteiger partial charge in [0, 0.05) is 47.6 Å². The first-order chi connectivity index (χ1) is 18.4. The van der Waals surface area contributed by atoms with Gasteiger partial charge < -0.3 is 19.9 Å². The minimum absolute atomic E-state index is 0.214. The number of likely N-dealkylation sites (tertiary alicyclic amines) is 1. The molecule has 2 N–H and O–H groups in total. The fraction of sp³-hybridized carbons (Fsp3) is 0.464. The molecule has 2 bridgehead atoms. The number of nitrogens with one attached hydrogen (secondary N) is 2. The zero-order valence-electron chi connectivity index (χ0n) is 21.6. The predicted octanol–water partition coefficient (Wildman–Crippen LogP) is 4.69. The van der Waals surface area contributed by atoms with Crippen molar-refractivity contribution in [3.63, 3.8) is 0 Å². The SMILES string of the molecule is Cc1cc(-c2c(Cl)cc3c(N4CC5CCC(C4)N5)nc(OC[C@@H]4CCCN4C)nc3c2F)cc2[nH]ncc12. The first-order valence-electron chi connectivity index (χ1n) is 13.4. The maximum absolute atomic E-state index is 16.5. The van der Waals surface area contributed by atoms with E-state index < -0.39 is 5.82 Å². The van der Waals surface area contributed by atoms with Gasteiger partial charge in [-0.25, -0.2) is 4.39 Å². The van der Waals surface area contributed by atoms with Crippen molar-refractivity contribution in [2.24, 2.45) is 0 Å². The van der Waals surface area contributed by atoms with Gasteiger partial charge in [0.25, 0.3) is 0 Å². The van der Waals surface area contributed by atoms with Gasteiger partial charge in [0.15, 0.2) is 5.82 Å². The van der Waals surface area contributed by atoms with Crippen molar-refractivity contribution in [2.45, 2.75) is 50.7 Å². The zero-order chi connectivity index (χ0) is 26.0. The summed E-state index contributed by atoms with van der Waals surface area (Å²) in [6, 6.07) is 6.97. The summed E-state index contributed by atoms with van der Waals surface area (Å²) in [6.07, 6.45) is 6.26. The van der Waals surface area contributed by atoms with E-state index in [1.165, 1.54) is 0 Å². The van der Waals surface area contributed by atoms with E-state index in [-0.39, 0.29) is 11.5 Å². The Balaban J connectivity index is 1.36. The molecule has 2 aromatic carbocycles. The molecule has 2 aromatic heterocycles. The average Bonchev–Trinajstić information content (AvgIpc) is 3.62. The normalized spacial score (nSPS) is 23.7. The molecule has 0 amide bonds. The summed E-state index contributed by atoms with van der Waals surface area (Å²) in [7, 11) is 2.11. The Morgan fingerprint density at radius 1 is 1.11 bits per heavy atom. The highest BCUT2D eigenvalue weighted by Gasteiger charge is 2.34. The Kier molecular flexibility index (Phi) is 5.90. The topological polar surface area (TPSA) is 82.2 Å². The number of aromatic nitrogens is 4. The van der Waals surface area contributed by atoms with E-state index in [4.69, 9.17) is 21.3 Å². The summed E-state index contributed by atoms with van der Waals surface area (Å²) in [4.78, 5) is 14.0. The lowest BCUT2D eigenvalue weighted by Crippen LogP contribution is -2.51. The van der Waals surface area contributed by atoms with Gasteiger partial charge in [0.1, 0.15) is 17.9 Å². The standard InChI is InChI=1S/C28H31ClFN7O/c1-15-8-16(9-23-21(15)11-31-35-23)24-22(29)10-20-26(25(24)30)33-28(38-14-19-4-3-7-36(19)2)34-27(20)37-12-17-5-6-18(13-37)32-17/h8-11,17-19,32H,3-7,12-14H2,1-2H3,(H,31,35)/t17?,18?,19-/m0/s1. The molecule has 5 heterocycles. The third-order valence-corrected chi connectivity index (χ3v) is 8.79. The van der Waals surface area contributed by atoms with E-state index in [2.05, 4.69) is 37.3 Å². The number of rotatable bonds is 5. The maximum Gasteiger partial charge on any atom is 0.319 e. The first-order valence-corrected chi connectivity index (χ1v) is 13.8. The van der Waals surface area contributed by atoms with Crippen LogP contribution in [0.25, 0.3) is 32.9 Å². The van der Waals surface area contributed by atoms with Crippen molar-refractivity contribution >= 4 is 39.2 Å². The smallest absolute Gasteiger partial charge is 0.319 e. The highest BCUT2D eigenvalue weighted by atomic mass is 35.5. The highest BCUT2D eigenvalue weighted by molar-refractivity contribution is 6.34. The van der Waals surface area contributed by atoms with Crippen LogP contribution in [-0.4, -0.2) is 76.5 Å². The number of fused-ring (bicyclic) bond motifs is 4. The lowest BCUT2D eigenvalue weighted by atomic mass is 9.99. The van der Waals surface area contributed by atoms with Crippen LogP contribution in [0.5, 0.6) is 6.01 Å². The van der Waals surface area contributed by atoms with E-state index in [1.54, 1.807) is 6.20 Å². The largest absolute Gasteiger partial charge is 0.462 e. The van der Waals surface area contributed by atoms with Crippen LogP contribution in [0.2, 0.25) is 5.02 Å². The van der Waals surface area contributed by atoms with E-state index >= 15 is 4.39 Å². The van der Waals surface area contributed by atoms with Gasteiger partial charge in [-0.1, -0.05) is 17.7 Å². The van der Waals surface area contributed by atoms with E-state index in [9.17, 15) is 0 Å². The number of aromatic amines is 1. The summed E-state index contributed by atoms with van der Waals surface area (Å²) < 4.78 is 22.6. The quantitative estimate of drug-likeness (QED) is 0.384. The van der Waals surface area contributed by atoms with E-state index in [1.807, 2.05) is 25.1 Å². The molecule has 0 radical (unpaired) electrons. The molecule has 0 aliphatic carbocycles. The fourth-order valence-corrected chi connectivity index (χ4v) is 6.73. The van der Waals surface area contributed by atoms with Gasteiger partial charge in [-0.15, -0.1) is 0 Å². The van der Waals surface area contributed by atoms with Crippen LogP contribution in [0.15, 0.2) is 24.4 Å². The van der Waals surface area contributed by atoms with Gasteiger partial charge in [-0.05, 0) is 69.5 Å². The van der Waals surface area contributed by atoms with Crippen LogP contribution in [-0.2, 0) is 0 Å². The fourth-order valence-electron chi connectivity index (χ4n) is 6.43. The predicted molar refractivity (Wildman–Crippen MR) is 148 cm³/mol. The van der Waals surface area contributed by atoms with Gasteiger partial charge in [-0.2, -0.15) is 15.1 Å². The van der Waals surface area contributed by atoms with E-state index in [0.717, 1.165) is 61.8 Å². The molecule has 0 saturated carbocycles. The number of halogens is 2. The molecule has 198 valence electrons. The molecule has 3 aliphatic rings. The van der Waals surface area contributed by atoms with Crippen LogP contribution >= 0.6 is 11.6 Å². The number of ether oxygens (including phenoxy) is 1. The Labute approximate surface area is 225 Å². The number of piperazine rings is 1. The molecule has 4 aromatic rings. The van der Waals surface area contributed by atoms with Crippen molar-refractivity contribution in [2.75, 3.05) is 38.2 Å². The van der Waals surface area contributed by atoms with Crippen molar-refractivity contribution in [1.29, 1.82) is 0 Å². The number of hydrogen-bond donors (Lipinski definition) is 2. The molecule has 3 saturated heterocycles. The van der Waals surface area contributed by atoms with Crippen LogP contribution in [0.1, 0.15) is 31.2 Å². The number of H-pyrrole nitrogens is 1. The van der Waals surface area contributed by atoms with Crippen LogP contribution in [0.3, 0.4) is 0 Å². The van der Waals surface area contributed by atoms with Crippen LogP contribution in [0.4, 0.5) is 10.2 Å².